The first kappa shape index (κ1) is 12.5. The van der Waals surface area contributed by atoms with Crippen molar-refractivity contribution in [2.24, 2.45) is 5.92 Å². The Morgan fingerprint density at radius 1 is 1.29 bits per heavy atom. The second-order valence-corrected chi connectivity index (χ2v) is 4.75. The molecule has 1 aliphatic carbocycles. The molecule has 1 aromatic carbocycles. The van der Waals surface area contributed by atoms with E-state index < -0.39 is 6.36 Å². The van der Waals surface area contributed by atoms with Gasteiger partial charge in [0.05, 0.1) is 11.1 Å². The largest absolute Gasteiger partial charge is 0.573 e. The summed E-state index contributed by atoms with van der Waals surface area (Å²) in [5.74, 6) is 0.870. The fourth-order valence-electron chi connectivity index (χ4n) is 1.28. The Kier molecular flexibility index (Phi) is 3.51. The van der Waals surface area contributed by atoms with E-state index in [1.165, 1.54) is 18.2 Å². The third-order valence-electron chi connectivity index (χ3n) is 2.31. The second kappa shape index (κ2) is 4.76. The maximum atomic E-state index is 12.0. The summed E-state index contributed by atoms with van der Waals surface area (Å²) in [6, 6.07) is 4.18. The molecule has 1 aromatic rings. The van der Waals surface area contributed by atoms with E-state index in [4.69, 9.17) is 4.74 Å². The monoisotopic (exact) mass is 310 g/mol. The minimum Gasteiger partial charge on any atom is -0.493 e. The van der Waals surface area contributed by atoms with Crippen LogP contribution in [0.25, 0.3) is 0 Å². The molecule has 0 aromatic heterocycles. The summed E-state index contributed by atoms with van der Waals surface area (Å²) in [5, 5.41) is 0. The second-order valence-electron chi connectivity index (χ2n) is 3.89. The van der Waals surface area contributed by atoms with Crippen LogP contribution in [0.2, 0.25) is 0 Å². The summed E-state index contributed by atoms with van der Waals surface area (Å²) in [5.41, 5.74) is 0. The van der Waals surface area contributed by atoms with E-state index in [2.05, 4.69) is 20.7 Å². The predicted molar refractivity (Wildman–Crippen MR) is 59.0 cm³/mol. The fraction of sp³-hybridized carbons (Fsp3) is 0.455. The van der Waals surface area contributed by atoms with Gasteiger partial charge in [-0.2, -0.15) is 0 Å². The summed E-state index contributed by atoms with van der Waals surface area (Å²) < 4.78 is 45.5. The standard InChI is InChI=1S/C11H10BrF3O2/c12-9-5-8(16-6-7-1-2-7)3-4-10(9)17-11(13,14)15/h3-5,7H,1-2,6H2. The van der Waals surface area contributed by atoms with Crippen LogP contribution in [0.15, 0.2) is 22.7 Å². The third kappa shape index (κ3) is 4.11. The van der Waals surface area contributed by atoms with Crippen molar-refractivity contribution in [2.75, 3.05) is 6.61 Å². The molecule has 2 rings (SSSR count). The van der Waals surface area contributed by atoms with Crippen LogP contribution in [0, 0.1) is 5.92 Å². The Balaban J connectivity index is 1.99. The fourth-order valence-corrected chi connectivity index (χ4v) is 1.72. The zero-order chi connectivity index (χ0) is 12.5. The van der Waals surface area contributed by atoms with Gasteiger partial charge in [0.1, 0.15) is 11.5 Å². The van der Waals surface area contributed by atoms with Crippen LogP contribution < -0.4 is 9.47 Å². The minimum absolute atomic E-state index is 0.225. The van der Waals surface area contributed by atoms with Gasteiger partial charge in [-0.15, -0.1) is 13.2 Å². The molecule has 94 valence electrons. The van der Waals surface area contributed by atoms with Crippen molar-refractivity contribution in [3.05, 3.63) is 22.7 Å². The lowest BCUT2D eigenvalue weighted by atomic mass is 10.3. The molecule has 2 nitrogen and oxygen atoms in total. The van der Waals surface area contributed by atoms with Crippen molar-refractivity contribution >= 4 is 15.9 Å². The summed E-state index contributed by atoms with van der Waals surface area (Å²) in [4.78, 5) is 0. The number of hydrogen-bond acceptors (Lipinski definition) is 2. The van der Waals surface area contributed by atoms with Gasteiger partial charge in [-0.25, -0.2) is 0 Å². The zero-order valence-corrected chi connectivity index (χ0v) is 10.3. The molecule has 0 aliphatic heterocycles. The van der Waals surface area contributed by atoms with Crippen LogP contribution in [0.3, 0.4) is 0 Å². The lowest BCUT2D eigenvalue weighted by Gasteiger charge is -2.12. The Morgan fingerprint density at radius 2 is 2.00 bits per heavy atom. The quantitative estimate of drug-likeness (QED) is 0.832. The third-order valence-corrected chi connectivity index (χ3v) is 2.93. The molecule has 0 amide bonds. The SMILES string of the molecule is FC(F)(F)Oc1ccc(OCC2CC2)cc1Br. The highest BCUT2D eigenvalue weighted by molar-refractivity contribution is 9.10. The first-order chi connectivity index (χ1) is 7.94. The molecule has 1 aliphatic rings. The maximum absolute atomic E-state index is 12.0. The molecule has 0 N–H and O–H groups in total. The van der Waals surface area contributed by atoms with Crippen LogP contribution in [0.5, 0.6) is 11.5 Å². The lowest BCUT2D eigenvalue weighted by molar-refractivity contribution is -0.274. The van der Waals surface area contributed by atoms with Gasteiger partial charge in [0.2, 0.25) is 0 Å². The van der Waals surface area contributed by atoms with Crippen LogP contribution in [-0.2, 0) is 0 Å². The Hall–Kier alpha value is -0.910. The van der Waals surface area contributed by atoms with E-state index in [0.29, 0.717) is 18.3 Å². The van der Waals surface area contributed by atoms with E-state index in [9.17, 15) is 13.2 Å². The number of rotatable bonds is 4. The van der Waals surface area contributed by atoms with Gasteiger partial charge >= 0.3 is 6.36 Å². The molecule has 0 saturated heterocycles. The van der Waals surface area contributed by atoms with Crippen molar-refractivity contribution < 1.29 is 22.6 Å². The van der Waals surface area contributed by atoms with Gasteiger partial charge in [0, 0.05) is 0 Å². The average molecular weight is 311 g/mol. The number of ether oxygens (including phenoxy) is 2. The van der Waals surface area contributed by atoms with E-state index in [-0.39, 0.29) is 10.2 Å². The number of benzene rings is 1. The Bertz CT molecular complexity index is 402. The molecule has 0 atom stereocenters. The first-order valence-electron chi connectivity index (χ1n) is 5.12. The number of hydrogen-bond donors (Lipinski definition) is 0. The number of halogens is 4. The summed E-state index contributed by atoms with van der Waals surface area (Å²) >= 11 is 3.02. The van der Waals surface area contributed by atoms with E-state index in [1.807, 2.05) is 0 Å². The van der Waals surface area contributed by atoms with Crippen molar-refractivity contribution in [3.63, 3.8) is 0 Å². The van der Waals surface area contributed by atoms with E-state index >= 15 is 0 Å². The smallest absolute Gasteiger partial charge is 0.493 e. The highest BCUT2D eigenvalue weighted by Crippen LogP contribution is 2.34. The Labute approximate surface area is 105 Å². The van der Waals surface area contributed by atoms with Gasteiger partial charge in [-0.1, -0.05) is 0 Å². The molecule has 6 heteroatoms. The minimum atomic E-state index is -4.68. The maximum Gasteiger partial charge on any atom is 0.573 e. The van der Waals surface area contributed by atoms with Crippen molar-refractivity contribution in [1.29, 1.82) is 0 Å². The van der Waals surface area contributed by atoms with Crippen molar-refractivity contribution in [1.82, 2.24) is 0 Å². The normalized spacial score (nSPS) is 15.8. The Morgan fingerprint density at radius 3 is 2.53 bits per heavy atom. The van der Waals surface area contributed by atoms with Crippen LogP contribution in [-0.4, -0.2) is 13.0 Å². The predicted octanol–water partition coefficient (Wildman–Crippen LogP) is 4.14. The zero-order valence-electron chi connectivity index (χ0n) is 8.76. The number of alkyl halides is 3. The molecule has 1 saturated carbocycles. The molecule has 0 heterocycles. The van der Waals surface area contributed by atoms with Crippen molar-refractivity contribution in [3.8, 4) is 11.5 Å². The molecule has 0 spiro atoms. The summed E-state index contributed by atoms with van der Waals surface area (Å²) in [7, 11) is 0. The molecule has 1 fully saturated rings. The van der Waals surface area contributed by atoms with Crippen LogP contribution in [0.1, 0.15) is 12.8 Å². The first-order valence-corrected chi connectivity index (χ1v) is 5.91. The summed E-state index contributed by atoms with van der Waals surface area (Å²) in [6.45, 7) is 0.617. The molecule has 17 heavy (non-hydrogen) atoms. The van der Waals surface area contributed by atoms with Gasteiger partial charge in [-0.05, 0) is 52.9 Å². The summed E-state index contributed by atoms with van der Waals surface area (Å²) in [6.07, 6.45) is -2.36. The van der Waals surface area contributed by atoms with Gasteiger partial charge < -0.3 is 9.47 Å². The van der Waals surface area contributed by atoms with E-state index in [0.717, 1.165) is 12.8 Å². The van der Waals surface area contributed by atoms with Crippen molar-refractivity contribution in [2.45, 2.75) is 19.2 Å². The average Bonchev–Trinajstić information content (AvgIpc) is 3.00. The lowest BCUT2D eigenvalue weighted by Crippen LogP contribution is -2.17. The van der Waals surface area contributed by atoms with E-state index in [1.54, 1.807) is 0 Å². The van der Waals surface area contributed by atoms with Crippen LogP contribution in [0.4, 0.5) is 13.2 Å². The van der Waals surface area contributed by atoms with Gasteiger partial charge in [0.25, 0.3) is 0 Å². The highest BCUT2D eigenvalue weighted by atomic mass is 79.9. The van der Waals surface area contributed by atoms with Crippen LogP contribution >= 0.6 is 15.9 Å². The molecular formula is C11H10BrF3O2. The molecule has 0 bridgehead atoms. The molecule has 0 radical (unpaired) electrons. The highest BCUT2D eigenvalue weighted by Gasteiger charge is 2.32. The van der Waals surface area contributed by atoms with Gasteiger partial charge in [-0.3, -0.25) is 0 Å². The topological polar surface area (TPSA) is 18.5 Å². The van der Waals surface area contributed by atoms with Gasteiger partial charge in [0.15, 0.2) is 0 Å². The molecule has 0 unspecified atom stereocenters. The molecular weight excluding hydrogens is 301 g/mol.